The molecule has 1 amide bonds. The summed E-state index contributed by atoms with van der Waals surface area (Å²) in [6, 6.07) is 1.95. The van der Waals surface area contributed by atoms with Crippen LogP contribution in [0.2, 0.25) is 0 Å². The first kappa shape index (κ1) is 15.7. The summed E-state index contributed by atoms with van der Waals surface area (Å²) in [6.45, 7) is 3.84. The third kappa shape index (κ3) is 5.03. The first-order chi connectivity index (χ1) is 9.08. The molecule has 5 heteroatoms. The van der Waals surface area contributed by atoms with Crippen LogP contribution in [0.5, 0.6) is 0 Å². The third-order valence-electron chi connectivity index (χ3n) is 2.72. The summed E-state index contributed by atoms with van der Waals surface area (Å²) in [5.74, 6) is 5.70. The van der Waals surface area contributed by atoms with Gasteiger partial charge in [0.2, 0.25) is 5.91 Å². The largest absolute Gasteiger partial charge is 0.384 e. The molecule has 0 saturated heterocycles. The first-order valence-electron chi connectivity index (χ1n) is 6.17. The lowest BCUT2D eigenvalue weighted by atomic mass is 10.2. The zero-order valence-corrected chi connectivity index (χ0v) is 12.5. The number of thiophene rings is 1. The molecule has 1 aromatic heterocycles. The monoisotopic (exact) mass is 280 g/mol. The number of likely N-dealkylation sites (N-methyl/N-ethyl adjacent to an activating group) is 2. The molecule has 0 fully saturated rings. The molecule has 0 saturated carbocycles. The van der Waals surface area contributed by atoms with Crippen molar-refractivity contribution < 1.29 is 9.90 Å². The number of carbonyl (C=O) groups is 1. The summed E-state index contributed by atoms with van der Waals surface area (Å²) in [5.41, 5.74) is 0.940. The zero-order chi connectivity index (χ0) is 14.3. The van der Waals surface area contributed by atoms with Crippen LogP contribution in [-0.4, -0.2) is 54.6 Å². The number of hydrogen-bond donors (Lipinski definition) is 1. The first-order valence-corrected chi connectivity index (χ1v) is 7.05. The Morgan fingerprint density at radius 2 is 2.21 bits per heavy atom. The lowest BCUT2D eigenvalue weighted by molar-refractivity contribution is -0.130. The van der Waals surface area contributed by atoms with Crippen LogP contribution >= 0.6 is 11.3 Å². The fourth-order valence-electron chi connectivity index (χ4n) is 1.52. The second kappa shape index (κ2) is 7.95. The summed E-state index contributed by atoms with van der Waals surface area (Å²) >= 11 is 1.63. The smallest absolute Gasteiger partial charge is 0.236 e. The van der Waals surface area contributed by atoms with E-state index in [9.17, 15) is 4.79 Å². The van der Waals surface area contributed by atoms with E-state index in [1.54, 1.807) is 30.3 Å². The van der Waals surface area contributed by atoms with Crippen molar-refractivity contribution in [1.29, 1.82) is 0 Å². The van der Waals surface area contributed by atoms with Crippen LogP contribution < -0.4 is 0 Å². The predicted octanol–water partition coefficient (Wildman–Crippen LogP) is 1.00. The highest BCUT2D eigenvalue weighted by Gasteiger charge is 2.13. The van der Waals surface area contributed by atoms with Crippen molar-refractivity contribution in [2.24, 2.45) is 0 Å². The van der Waals surface area contributed by atoms with Crippen LogP contribution in [0.1, 0.15) is 17.4 Å². The van der Waals surface area contributed by atoms with Gasteiger partial charge in [-0.3, -0.25) is 9.69 Å². The minimum absolute atomic E-state index is 0.0985. The molecule has 0 spiro atoms. The summed E-state index contributed by atoms with van der Waals surface area (Å²) < 4.78 is 0. The molecule has 0 atom stereocenters. The van der Waals surface area contributed by atoms with Crippen molar-refractivity contribution in [2.75, 3.05) is 33.8 Å². The van der Waals surface area contributed by atoms with Gasteiger partial charge in [0, 0.05) is 31.1 Å². The Hall–Kier alpha value is -1.35. The van der Waals surface area contributed by atoms with Gasteiger partial charge in [0.1, 0.15) is 6.61 Å². The number of hydrogen-bond acceptors (Lipinski definition) is 4. The Bertz CT molecular complexity index is 471. The lowest BCUT2D eigenvalue weighted by Crippen LogP contribution is -2.36. The van der Waals surface area contributed by atoms with Gasteiger partial charge in [0.25, 0.3) is 0 Å². The van der Waals surface area contributed by atoms with E-state index >= 15 is 0 Å². The molecule has 0 radical (unpaired) electrons. The molecule has 4 nitrogen and oxygen atoms in total. The quantitative estimate of drug-likeness (QED) is 0.819. The van der Waals surface area contributed by atoms with E-state index in [0.29, 0.717) is 13.1 Å². The van der Waals surface area contributed by atoms with Crippen molar-refractivity contribution in [3.8, 4) is 11.8 Å². The lowest BCUT2D eigenvalue weighted by Gasteiger charge is -2.21. The van der Waals surface area contributed by atoms with Crippen LogP contribution in [-0.2, 0) is 11.3 Å². The third-order valence-corrected chi connectivity index (χ3v) is 3.63. The molecule has 104 valence electrons. The highest BCUT2D eigenvalue weighted by atomic mass is 32.1. The van der Waals surface area contributed by atoms with E-state index in [4.69, 9.17) is 5.11 Å². The Labute approximate surface area is 118 Å². The molecule has 0 aliphatic heterocycles. The van der Waals surface area contributed by atoms with Crippen LogP contribution in [0.4, 0.5) is 0 Å². The van der Waals surface area contributed by atoms with Crippen LogP contribution in [0, 0.1) is 11.8 Å². The molecule has 1 heterocycles. The Morgan fingerprint density at radius 3 is 2.79 bits per heavy atom. The maximum absolute atomic E-state index is 11.7. The fourth-order valence-corrected chi connectivity index (χ4v) is 2.40. The standard InChI is InChI=1S/C14H20N2O2S/c1-4-16(11-14(18)15(2)3)10-13-12(6-5-8-17)7-9-19-13/h7,9,17H,4,8,10-11H2,1-3H3. The highest BCUT2D eigenvalue weighted by molar-refractivity contribution is 7.10. The summed E-state index contributed by atoms with van der Waals surface area (Å²) in [6.07, 6.45) is 0. The van der Waals surface area contributed by atoms with Crippen molar-refractivity contribution in [1.82, 2.24) is 9.80 Å². The van der Waals surface area contributed by atoms with E-state index in [-0.39, 0.29) is 12.5 Å². The minimum Gasteiger partial charge on any atom is -0.384 e. The van der Waals surface area contributed by atoms with Gasteiger partial charge in [0.05, 0.1) is 6.54 Å². The molecule has 0 unspecified atom stereocenters. The second-order valence-corrected chi connectivity index (χ2v) is 5.31. The normalized spacial score (nSPS) is 10.2. The van der Waals surface area contributed by atoms with Crippen LogP contribution in [0.15, 0.2) is 11.4 Å². The summed E-state index contributed by atoms with van der Waals surface area (Å²) in [5, 5.41) is 10.7. The van der Waals surface area contributed by atoms with E-state index in [1.807, 2.05) is 18.4 Å². The molecule has 0 bridgehead atoms. The number of aliphatic hydroxyl groups excluding tert-OH is 1. The van der Waals surface area contributed by atoms with Gasteiger partial charge in [-0.1, -0.05) is 18.8 Å². The van der Waals surface area contributed by atoms with Crippen molar-refractivity contribution in [2.45, 2.75) is 13.5 Å². The van der Waals surface area contributed by atoms with Crippen LogP contribution in [0.25, 0.3) is 0 Å². The van der Waals surface area contributed by atoms with Crippen LogP contribution in [0.3, 0.4) is 0 Å². The number of nitrogens with zero attached hydrogens (tertiary/aromatic N) is 2. The molecule has 0 aliphatic rings. The Balaban J connectivity index is 2.71. The van der Waals surface area contributed by atoms with E-state index < -0.39 is 0 Å². The molecule has 1 N–H and O–H groups in total. The minimum atomic E-state index is -0.133. The number of rotatable bonds is 5. The van der Waals surface area contributed by atoms with E-state index in [1.165, 1.54) is 0 Å². The highest BCUT2D eigenvalue weighted by Crippen LogP contribution is 2.18. The Kier molecular flexibility index (Phi) is 6.57. The summed E-state index contributed by atoms with van der Waals surface area (Å²) in [4.78, 5) is 16.5. The molecule has 1 rings (SSSR count). The average Bonchev–Trinajstić information content (AvgIpc) is 2.82. The Morgan fingerprint density at radius 1 is 1.47 bits per heavy atom. The van der Waals surface area contributed by atoms with Crippen molar-refractivity contribution in [3.05, 3.63) is 21.9 Å². The van der Waals surface area contributed by atoms with E-state index in [0.717, 1.165) is 17.0 Å². The van der Waals surface area contributed by atoms with Gasteiger partial charge < -0.3 is 10.0 Å². The maximum Gasteiger partial charge on any atom is 0.236 e. The molecule has 1 aromatic rings. The van der Waals surface area contributed by atoms with Gasteiger partial charge in [-0.05, 0) is 18.0 Å². The van der Waals surface area contributed by atoms with E-state index in [2.05, 4.69) is 16.7 Å². The SMILES string of the molecule is CCN(CC(=O)N(C)C)Cc1sccc1C#CCO. The van der Waals surface area contributed by atoms with Gasteiger partial charge in [-0.2, -0.15) is 0 Å². The number of amides is 1. The van der Waals surface area contributed by atoms with Crippen molar-refractivity contribution >= 4 is 17.2 Å². The number of carbonyl (C=O) groups excluding carboxylic acids is 1. The molecule has 0 aromatic carbocycles. The van der Waals surface area contributed by atoms with Gasteiger partial charge in [0.15, 0.2) is 0 Å². The number of aliphatic hydroxyl groups is 1. The molecular weight excluding hydrogens is 260 g/mol. The van der Waals surface area contributed by atoms with Gasteiger partial charge >= 0.3 is 0 Å². The second-order valence-electron chi connectivity index (χ2n) is 4.31. The topological polar surface area (TPSA) is 43.8 Å². The predicted molar refractivity (Wildman–Crippen MR) is 77.9 cm³/mol. The molecule has 19 heavy (non-hydrogen) atoms. The van der Waals surface area contributed by atoms with Crippen molar-refractivity contribution in [3.63, 3.8) is 0 Å². The maximum atomic E-state index is 11.7. The molecular formula is C14H20N2O2S. The van der Waals surface area contributed by atoms with Gasteiger partial charge in [-0.25, -0.2) is 0 Å². The summed E-state index contributed by atoms with van der Waals surface area (Å²) in [7, 11) is 3.53. The molecule has 0 aliphatic carbocycles. The van der Waals surface area contributed by atoms with Gasteiger partial charge in [-0.15, -0.1) is 11.3 Å². The fraction of sp³-hybridized carbons (Fsp3) is 0.500. The average molecular weight is 280 g/mol. The zero-order valence-electron chi connectivity index (χ0n) is 11.6.